The molecule has 0 unspecified atom stereocenters. The van der Waals surface area contributed by atoms with Gasteiger partial charge >= 0.3 is 6.09 Å². The van der Waals surface area contributed by atoms with Crippen LogP contribution in [0.25, 0.3) is 22.0 Å². The Morgan fingerprint density at radius 2 is 1.84 bits per heavy atom. The first-order valence-electron chi connectivity index (χ1n) is 12.1. The molecule has 0 atom stereocenters. The summed E-state index contributed by atoms with van der Waals surface area (Å²) in [5, 5.41) is 12.4. The quantitative estimate of drug-likeness (QED) is 0.403. The number of benzene rings is 2. The van der Waals surface area contributed by atoms with E-state index in [0.29, 0.717) is 49.6 Å². The number of halogens is 1. The number of fused-ring (bicyclic) bond motifs is 1. The average Bonchev–Trinajstić information content (AvgIpc) is 2.93. The van der Waals surface area contributed by atoms with Crippen LogP contribution in [0.2, 0.25) is 0 Å². The number of rotatable bonds is 6. The van der Waals surface area contributed by atoms with Gasteiger partial charge in [-0.1, -0.05) is 12.1 Å². The summed E-state index contributed by atoms with van der Waals surface area (Å²) >= 11 is 0. The molecular formula is C27H27FN6O3. The lowest BCUT2D eigenvalue weighted by molar-refractivity contribution is 0.0796. The smallest absolute Gasteiger partial charge is 0.409 e. The molecule has 2 aromatic heterocycles. The van der Waals surface area contributed by atoms with Crippen molar-refractivity contribution < 1.29 is 18.7 Å². The Bertz CT molecular complexity index is 1390. The summed E-state index contributed by atoms with van der Waals surface area (Å²) in [7, 11) is 1.38. The van der Waals surface area contributed by atoms with Crippen LogP contribution in [-0.2, 0) is 11.3 Å². The highest BCUT2D eigenvalue weighted by Crippen LogP contribution is 2.35. The summed E-state index contributed by atoms with van der Waals surface area (Å²) in [6.07, 6.45) is 2.40. The molecule has 1 aliphatic rings. The van der Waals surface area contributed by atoms with E-state index < -0.39 is 0 Å². The molecule has 0 saturated carbocycles. The standard InChI is InChI=1S/C27H27FN6O3/c1-17-3-8-21(33-32-17)15-29-26-23-13-19(18-4-6-20(28)7-5-18)14-24(25(23)30-16-31-26)37-22-9-11-34(12-10-22)27(35)36-2/h3-8,13-14,16,22H,9-12,15H2,1-2H3,(H,29,30,31). The maximum Gasteiger partial charge on any atom is 0.409 e. The first kappa shape index (κ1) is 24.4. The molecule has 1 amide bonds. The summed E-state index contributed by atoms with van der Waals surface area (Å²) in [6.45, 7) is 3.42. The van der Waals surface area contributed by atoms with Gasteiger partial charge in [0.15, 0.2) is 0 Å². The van der Waals surface area contributed by atoms with Gasteiger partial charge in [-0.3, -0.25) is 0 Å². The Hall–Kier alpha value is -4.34. The van der Waals surface area contributed by atoms with Crippen molar-refractivity contribution in [2.24, 2.45) is 0 Å². The minimum Gasteiger partial charge on any atom is -0.488 e. The van der Waals surface area contributed by atoms with Gasteiger partial charge in [-0.2, -0.15) is 10.2 Å². The molecule has 1 fully saturated rings. The van der Waals surface area contributed by atoms with Crippen molar-refractivity contribution in [2.75, 3.05) is 25.5 Å². The highest BCUT2D eigenvalue weighted by Gasteiger charge is 2.25. The Morgan fingerprint density at radius 3 is 2.54 bits per heavy atom. The fourth-order valence-corrected chi connectivity index (χ4v) is 4.34. The highest BCUT2D eigenvalue weighted by atomic mass is 19.1. The number of hydrogen-bond acceptors (Lipinski definition) is 8. The van der Waals surface area contributed by atoms with Gasteiger partial charge in [-0.25, -0.2) is 19.2 Å². The van der Waals surface area contributed by atoms with Crippen LogP contribution < -0.4 is 10.1 Å². The normalized spacial score (nSPS) is 14.0. The van der Waals surface area contributed by atoms with E-state index in [2.05, 4.69) is 25.5 Å². The topological polar surface area (TPSA) is 102 Å². The molecule has 1 N–H and O–H groups in total. The van der Waals surface area contributed by atoms with Gasteiger partial charge in [-0.15, -0.1) is 0 Å². The van der Waals surface area contributed by atoms with Gasteiger partial charge in [0.05, 0.1) is 25.0 Å². The molecule has 0 spiro atoms. The summed E-state index contributed by atoms with van der Waals surface area (Å²) in [6, 6.07) is 14.0. The van der Waals surface area contributed by atoms with Crippen molar-refractivity contribution in [1.29, 1.82) is 0 Å². The molecule has 1 aliphatic heterocycles. The number of methoxy groups -OCH3 is 1. The minimum absolute atomic E-state index is 0.0956. The number of carbonyl (C=O) groups is 1. The zero-order valence-electron chi connectivity index (χ0n) is 20.6. The molecule has 3 heterocycles. The number of likely N-dealkylation sites (tertiary alicyclic amines) is 1. The Balaban J connectivity index is 1.47. The van der Waals surface area contributed by atoms with Crippen LogP contribution in [-0.4, -0.2) is 57.5 Å². The van der Waals surface area contributed by atoms with Crippen molar-refractivity contribution in [3.05, 3.63) is 72.1 Å². The molecule has 37 heavy (non-hydrogen) atoms. The van der Waals surface area contributed by atoms with Gasteiger partial charge in [0.2, 0.25) is 0 Å². The van der Waals surface area contributed by atoms with Crippen molar-refractivity contribution >= 4 is 22.8 Å². The molecule has 0 radical (unpaired) electrons. The third kappa shape index (κ3) is 5.58. The lowest BCUT2D eigenvalue weighted by Gasteiger charge is -2.31. The second-order valence-electron chi connectivity index (χ2n) is 8.89. The predicted molar refractivity (Wildman–Crippen MR) is 137 cm³/mol. The van der Waals surface area contributed by atoms with Crippen molar-refractivity contribution in [3.63, 3.8) is 0 Å². The van der Waals surface area contributed by atoms with E-state index in [1.54, 1.807) is 17.0 Å². The van der Waals surface area contributed by atoms with Crippen molar-refractivity contribution in [1.82, 2.24) is 25.1 Å². The highest BCUT2D eigenvalue weighted by molar-refractivity contribution is 5.96. The summed E-state index contributed by atoms with van der Waals surface area (Å²) in [5.74, 6) is 0.930. The van der Waals surface area contributed by atoms with Crippen LogP contribution in [0, 0.1) is 12.7 Å². The van der Waals surface area contributed by atoms with E-state index in [4.69, 9.17) is 9.47 Å². The number of carbonyl (C=O) groups excluding carboxylic acids is 1. The molecule has 10 heteroatoms. The number of nitrogens with one attached hydrogen (secondary N) is 1. The van der Waals surface area contributed by atoms with Crippen LogP contribution in [0.4, 0.5) is 15.0 Å². The first-order valence-corrected chi connectivity index (χ1v) is 12.1. The predicted octanol–water partition coefficient (Wildman–Crippen LogP) is 4.76. The van der Waals surface area contributed by atoms with E-state index in [0.717, 1.165) is 27.9 Å². The maximum absolute atomic E-state index is 13.6. The second-order valence-corrected chi connectivity index (χ2v) is 8.89. The molecule has 4 aromatic rings. The Morgan fingerprint density at radius 1 is 1.05 bits per heavy atom. The molecular weight excluding hydrogens is 475 g/mol. The molecule has 5 rings (SSSR count). The third-order valence-electron chi connectivity index (χ3n) is 6.34. The zero-order valence-corrected chi connectivity index (χ0v) is 20.6. The number of anilines is 1. The van der Waals surface area contributed by atoms with Crippen molar-refractivity contribution in [3.8, 4) is 16.9 Å². The largest absolute Gasteiger partial charge is 0.488 e. The lowest BCUT2D eigenvalue weighted by atomic mass is 10.0. The minimum atomic E-state index is -0.330. The van der Waals surface area contributed by atoms with E-state index >= 15 is 0 Å². The molecule has 0 aliphatic carbocycles. The number of hydrogen-bond donors (Lipinski definition) is 1. The number of amides is 1. The fraction of sp³-hybridized carbons (Fsp3) is 0.296. The van der Waals surface area contributed by atoms with Crippen LogP contribution in [0.5, 0.6) is 5.75 Å². The van der Waals surface area contributed by atoms with Crippen molar-refractivity contribution in [2.45, 2.75) is 32.4 Å². The van der Waals surface area contributed by atoms with Gasteiger partial charge in [0.1, 0.15) is 35.3 Å². The molecule has 2 aromatic carbocycles. The Labute approximate surface area is 213 Å². The average molecular weight is 503 g/mol. The summed E-state index contributed by atoms with van der Waals surface area (Å²) < 4.78 is 24.9. The van der Waals surface area contributed by atoms with E-state index in [1.807, 2.05) is 31.2 Å². The van der Waals surface area contributed by atoms with Gasteiger partial charge in [0, 0.05) is 31.3 Å². The van der Waals surface area contributed by atoms with Crippen LogP contribution in [0.1, 0.15) is 24.2 Å². The van der Waals surface area contributed by atoms with E-state index in [-0.39, 0.29) is 18.0 Å². The molecule has 0 bridgehead atoms. The zero-order chi connectivity index (χ0) is 25.8. The van der Waals surface area contributed by atoms with E-state index in [9.17, 15) is 9.18 Å². The SMILES string of the molecule is COC(=O)N1CCC(Oc2cc(-c3ccc(F)cc3)cc3c(NCc4ccc(C)nn4)ncnc23)CC1. The monoisotopic (exact) mass is 502 g/mol. The summed E-state index contributed by atoms with van der Waals surface area (Å²) in [4.78, 5) is 22.5. The molecule has 9 nitrogen and oxygen atoms in total. The van der Waals surface area contributed by atoms with Gasteiger partial charge in [-0.05, 0) is 54.4 Å². The van der Waals surface area contributed by atoms with Crippen LogP contribution in [0.15, 0.2) is 54.9 Å². The van der Waals surface area contributed by atoms with Gasteiger partial charge in [0.25, 0.3) is 0 Å². The van der Waals surface area contributed by atoms with E-state index in [1.165, 1.54) is 25.6 Å². The summed E-state index contributed by atoms with van der Waals surface area (Å²) in [5.41, 5.74) is 3.98. The number of ether oxygens (including phenoxy) is 2. The fourth-order valence-electron chi connectivity index (χ4n) is 4.34. The third-order valence-corrected chi connectivity index (χ3v) is 6.34. The van der Waals surface area contributed by atoms with Gasteiger partial charge < -0.3 is 19.7 Å². The Kier molecular flexibility index (Phi) is 7.07. The number of piperidine rings is 1. The first-order chi connectivity index (χ1) is 18.0. The number of nitrogens with zero attached hydrogens (tertiary/aromatic N) is 5. The maximum atomic E-state index is 13.6. The number of aromatic nitrogens is 4. The molecule has 1 saturated heterocycles. The lowest BCUT2D eigenvalue weighted by Crippen LogP contribution is -2.41. The van der Waals surface area contributed by atoms with Crippen LogP contribution >= 0.6 is 0 Å². The second kappa shape index (κ2) is 10.7. The molecule has 190 valence electrons. The number of aryl methyl sites for hydroxylation is 1. The van der Waals surface area contributed by atoms with Crippen LogP contribution in [0.3, 0.4) is 0 Å².